The maximum Gasteiger partial charge on any atom is 0.259 e. The average Bonchev–Trinajstić information content (AvgIpc) is 2.05. The summed E-state index contributed by atoms with van der Waals surface area (Å²) >= 11 is 1.84. The summed E-state index contributed by atoms with van der Waals surface area (Å²) in [5.74, 6) is -0.00319. The SMILES string of the molecule is O=C(NI)C1=CCCC=C1. The minimum atomic E-state index is -0.00319. The highest BCUT2D eigenvalue weighted by atomic mass is 127. The molecule has 0 saturated heterocycles. The highest BCUT2D eigenvalue weighted by Crippen LogP contribution is 2.09. The summed E-state index contributed by atoms with van der Waals surface area (Å²) in [5, 5.41) is 0. The van der Waals surface area contributed by atoms with Gasteiger partial charge in [-0.25, -0.2) is 0 Å². The lowest BCUT2D eigenvalue weighted by molar-refractivity contribution is -0.115. The van der Waals surface area contributed by atoms with Gasteiger partial charge in [-0.05, 0) is 12.8 Å². The molecule has 2 nitrogen and oxygen atoms in total. The van der Waals surface area contributed by atoms with Gasteiger partial charge in [-0.1, -0.05) is 18.2 Å². The van der Waals surface area contributed by atoms with Gasteiger partial charge in [0.15, 0.2) is 0 Å². The number of halogens is 1. The molecule has 1 N–H and O–H groups in total. The first kappa shape index (κ1) is 7.78. The Morgan fingerprint density at radius 2 is 2.40 bits per heavy atom. The number of hydrogen-bond acceptors (Lipinski definition) is 1. The third kappa shape index (κ3) is 1.83. The van der Waals surface area contributed by atoms with Gasteiger partial charge in [0, 0.05) is 5.57 Å². The quantitative estimate of drug-likeness (QED) is 0.556. The fraction of sp³-hybridized carbons (Fsp3) is 0.286. The Morgan fingerprint density at radius 1 is 1.60 bits per heavy atom. The standard InChI is InChI=1S/C7H8INO/c8-9-7(10)6-4-2-1-3-5-6/h2,4-5H,1,3H2,(H,9,10). The zero-order valence-corrected chi connectivity index (χ0v) is 7.59. The Bertz CT molecular complexity index is 196. The Balaban J connectivity index is 2.63. The van der Waals surface area contributed by atoms with Crippen molar-refractivity contribution in [2.45, 2.75) is 12.8 Å². The number of amides is 1. The molecular formula is C7H8INO. The van der Waals surface area contributed by atoms with Crippen molar-refractivity contribution < 1.29 is 4.79 Å². The van der Waals surface area contributed by atoms with E-state index in [1.807, 2.05) is 41.1 Å². The number of hydrogen-bond donors (Lipinski definition) is 1. The second-order valence-electron chi connectivity index (χ2n) is 2.06. The van der Waals surface area contributed by atoms with Gasteiger partial charge in [-0.3, -0.25) is 8.32 Å². The molecule has 54 valence electrons. The topological polar surface area (TPSA) is 29.1 Å². The van der Waals surface area contributed by atoms with Crippen LogP contribution in [0.5, 0.6) is 0 Å². The predicted molar refractivity (Wildman–Crippen MR) is 48.6 cm³/mol. The Kier molecular flexibility index (Phi) is 2.92. The fourth-order valence-electron chi connectivity index (χ4n) is 0.836. The van der Waals surface area contributed by atoms with Crippen molar-refractivity contribution in [3.05, 3.63) is 23.8 Å². The van der Waals surface area contributed by atoms with Crippen LogP contribution in [-0.4, -0.2) is 5.91 Å². The van der Waals surface area contributed by atoms with Gasteiger partial charge >= 0.3 is 0 Å². The molecule has 0 spiro atoms. The first-order chi connectivity index (χ1) is 4.84. The van der Waals surface area contributed by atoms with Gasteiger partial charge in [-0.15, -0.1) is 0 Å². The summed E-state index contributed by atoms with van der Waals surface area (Å²) in [7, 11) is 0. The molecule has 0 bridgehead atoms. The summed E-state index contributed by atoms with van der Waals surface area (Å²) in [6.07, 6.45) is 7.86. The smallest absolute Gasteiger partial charge is 0.259 e. The molecule has 1 rings (SSSR count). The summed E-state index contributed by atoms with van der Waals surface area (Å²) in [6, 6.07) is 0. The van der Waals surface area contributed by atoms with Crippen LogP contribution in [0.4, 0.5) is 0 Å². The average molecular weight is 249 g/mol. The normalized spacial score (nSPS) is 16.3. The molecule has 0 aromatic carbocycles. The van der Waals surface area contributed by atoms with Crippen molar-refractivity contribution in [2.24, 2.45) is 0 Å². The lowest BCUT2D eigenvalue weighted by Crippen LogP contribution is -2.13. The zero-order chi connectivity index (χ0) is 7.40. The molecule has 0 aliphatic heterocycles. The zero-order valence-electron chi connectivity index (χ0n) is 5.43. The number of carbonyl (C=O) groups excluding carboxylic acids is 1. The van der Waals surface area contributed by atoms with Crippen molar-refractivity contribution >= 4 is 28.8 Å². The number of carbonyl (C=O) groups is 1. The molecule has 0 aromatic rings. The van der Waals surface area contributed by atoms with Crippen molar-refractivity contribution in [3.8, 4) is 0 Å². The van der Waals surface area contributed by atoms with Crippen molar-refractivity contribution in [1.29, 1.82) is 0 Å². The lowest BCUT2D eigenvalue weighted by Gasteiger charge is -2.02. The third-order valence-electron chi connectivity index (χ3n) is 1.34. The summed E-state index contributed by atoms with van der Waals surface area (Å²) in [6.45, 7) is 0. The third-order valence-corrected chi connectivity index (χ3v) is 1.83. The molecular weight excluding hydrogens is 241 g/mol. The molecule has 1 aliphatic rings. The van der Waals surface area contributed by atoms with Crippen LogP contribution in [0, 0.1) is 0 Å². The minimum Gasteiger partial charge on any atom is -0.295 e. The minimum absolute atomic E-state index is 0.00319. The van der Waals surface area contributed by atoms with Gasteiger partial charge in [0.05, 0.1) is 22.9 Å². The molecule has 0 fully saturated rings. The molecule has 1 aliphatic carbocycles. The fourth-order valence-corrected chi connectivity index (χ4v) is 1.15. The molecule has 0 unspecified atom stereocenters. The Morgan fingerprint density at radius 3 is 2.90 bits per heavy atom. The van der Waals surface area contributed by atoms with Crippen LogP contribution in [0.2, 0.25) is 0 Å². The van der Waals surface area contributed by atoms with E-state index in [1.54, 1.807) is 0 Å². The van der Waals surface area contributed by atoms with Crippen LogP contribution in [0.15, 0.2) is 23.8 Å². The highest BCUT2D eigenvalue weighted by molar-refractivity contribution is 14.1. The number of rotatable bonds is 1. The van der Waals surface area contributed by atoms with E-state index in [0.29, 0.717) is 0 Å². The highest BCUT2D eigenvalue weighted by Gasteiger charge is 2.04. The first-order valence-corrected chi connectivity index (χ1v) is 4.20. The molecule has 0 saturated carbocycles. The van der Waals surface area contributed by atoms with Gasteiger partial charge < -0.3 is 0 Å². The summed E-state index contributed by atoms with van der Waals surface area (Å²) in [5.41, 5.74) is 0.778. The molecule has 1 amide bonds. The van der Waals surface area contributed by atoms with Crippen LogP contribution in [0.1, 0.15) is 12.8 Å². The monoisotopic (exact) mass is 249 g/mol. The van der Waals surface area contributed by atoms with Gasteiger partial charge in [0.2, 0.25) is 0 Å². The Labute approximate surface area is 73.9 Å². The maximum absolute atomic E-state index is 10.9. The van der Waals surface area contributed by atoms with Gasteiger partial charge in [0.25, 0.3) is 5.91 Å². The van der Waals surface area contributed by atoms with E-state index in [2.05, 4.69) is 3.53 Å². The van der Waals surface area contributed by atoms with Crippen LogP contribution in [0.3, 0.4) is 0 Å². The van der Waals surface area contributed by atoms with Crippen molar-refractivity contribution in [2.75, 3.05) is 0 Å². The van der Waals surface area contributed by atoms with E-state index >= 15 is 0 Å². The molecule has 0 radical (unpaired) electrons. The van der Waals surface area contributed by atoms with E-state index in [9.17, 15) is 4.79 Å². The van der Waals surface area contributed by atoms with Crippen LogP contribution >= 0.6 is 22.9 Å². The van der Waals surface area contributed by atoms with E-state index in [1.165, 1.54) is 0 Å². The van der Waals surface area contributed by atoms with E-state index in [4.69, 9.17) is 0 Å². The Hall–Kier alpha value is -0.320. The van der Waals surface area contributed by atoms with E-state index in [-0.39, 0.29) is 5.91 Å². The predicted octanol–water partition coefficient (Wildman–Crippen LogP) is 1.73. The van der Waals surface area contributed by atoms with Gasteiger partial charge in [-0.2, -0.15) is 0 Å². The van der Waals surface area contributed by atoms with E-state index in [0.717, 1.165) is 18.4 Å². The van der Waals surface area contributed by atoms with Crippen molar-refractivity contribution in [3.63, 3.8) is 0 Å². The first-order valence-electron chi connectivity index (χ1n) is 3.12. The summed E-state index contributed by atoms with van der Waals surface area (Å²) in [4.78, 5) is 10.9. The van der Waals surface area contributed by atoms with Crippen LogP contribution in [0.25, 0.3) is 0 Å². The van der Waals surface area contributed by atoms with Gasteiger partial charge in [0.1, 0.15) is 0 Å². The van der Waals surface area contributed by atoms with E-state index < -0.39 is 0 Å². The lowest BCUT2D eigenvalue weighted by atomic mass is 10.1. The van der Waals surface area contributed by atoms with Crippen LogP contribution in [-0.2, 0) is 4.79 Å². The molecule has 0 heterocycles. The second-order valence-corrected chi connectivity index (χ2v) is 2.60. The largest absolute Gasteiger partial charge is 0.295 e. The second kappa shape index (κ2) is 3.75. The summed E-state index contributed by atoms with van der Waals surface area (Å²) < 4.78 is 2.55. The molecule has 0 atom stereocenters. The number of nitrogens with one attached hydrogen (secondary N) is 1. The van der Waals surface area contributed by atoms with Crippen LogP contribution < -0.4 is 3.53 Å². The molecule has 3 heteroatoms. The number of allylic oxidation sites excluding steroid dienone is 2. The maximum atomic E-state index is 10.9. The molecule has 0 aromatic heterocycles. The van der Waals surface area contributed by atoms with Crippen molar-refractivity contribution in [1.82, 2.24) is 3.53 Å². The molecule has 10 heavy (non-hydrogen) atoms.